The number of aliphatic hydroxyl groups excluding tert-OH is 3. The number of aliphatic hydroxyl groups is 3. The molecule has 3 aliphatic rings. The predicted molar refractivity (Wildman–Crippen MR) is 156 cm³/mol. The molecule has 17 nitrogen and oxygen atoms in total. The number of benzene rings is 1. The summed E-state index contributed by atoms with van der Waals surface area (Å²) in [5.74, 6) is -2.37. The smallest absolute Gasteiger partial charge is 0.325 e. The number of rotatable bonds is 7. The lowest BCUT2D eigenvalue weighted by atomic mass is 9.83. The van der Waals surface area contributed by atoms with Gasteiger partial charge in [-0.25, -0.2) is 4.68 Å². The highest BCUT2D eigenvalue weighted by Crippen LogP contribution is 2.30. The molecule has 3 saturated heterocycles. The minimum absolute atomic E-state index is 0.136. The molecule has 6 atom stereocenters. The van der Waals surface area contributed by atoms with Gasteiger partial charge in [0.1, 0.15) is 42.8 Å². The Labute approximate surface area is 263 Å². The zero-order valence-corrected chi connectivity index (χ0v) is 25.2. The number of aliphatic carboxylic acids is 1. The first-order valence-corrected chi connectivity index (χ1v) is 15.0. The Balaban J connectivity index is 1.38. The van der Waals surface area contributed by atoms with E-state index in [2.05, 4.69) is 31.2 Å². The second kappa shape index (κ2) is 14.1. The molecule has 1 aromatic carbocycles. The lowest BCUT2D eigenvalue weighted by Gasteiger charge is -2.44. The van der Waals surface area contributed by atoms with Crippen molar-refractivity contribution in [2.75, 3.05) is 26.7 Å². The highest BCUT2D eigenvalue weighted by molar-refractivity contribution is 5.89. The number of carboxylic acid groups (broad SMARTS) is 1. The number of fused-ring (bicyclic) bond motifs is 2. The largest absolute Gasteiger partial charge is 0.497 e. The molecule has 46 heavy (non-hydrogen) atoms. The van der Waals surface area contributed by atoms with Gasteiger partial charge in [0.05, 0.1) is 18.3 Å². The summed E-state index contributed by atoms with van der Waals surface area (Å²) in [6.45, 7) is 0.808. The minimum atomic E-state index is -1.76. The van der Waals surface area contributed by atoms with Gasteiger partial charge in [-0.1, -0.05) is 17.3 Å². The van der Waals surface area contributed by atoms with Gasteiger partial charge in [0.25, 0.3) is 5.91 Å². The topological polar surface area (TPSA) is 238 Å². The van der Waals surface area contributed by atoms with Gasteiger partial charge in [0.2, 0.25) is 11.8 Å². The summed E-state index contributed by atoms with van der Waals surface area (Å²) in [6.07, 6.45) is -6.26. The van der Waals surface area contributed by atoms with Crippen LogP contribution in [0.25, 0.3) is 0 Å². The van der Waals surface area contributed by atoms with E-state index in [4.69, 9.17) is 14.6 Å². The lowest BCUT2D eigenvalue weighted by Crippen LogP contribution is -2.66. The van der Waals surface area contributed by atoms with Crippen molar-refractivity contribution in [2.45, 2.75) is 80.9 Å². The number of methoxy groups -OCH3 is 1. The minimum Gasteiger partial charge on any atom is -0.497 e. The zero-order chi connectivity index (χ0) is 33.0. The Kier molecular flexibility index (Phi) is 10.2. The quantitative estimate of drug-likeness (QED) is 0.158. The van der Waals surface area contributed by atoms with Crippen molar-refractivity contribution in [1.29, 1.82) is 0 Å². The average Bonchev–Trinajstić information content (AvgIpc) is 3.45. The first kappa shape index (κ1) is 33.2. The number of hydrogen-bond acceptors (Lipinski definition) is 12. The molecule has 3 aliphatic heterocycles. The van der Waals surface area contributed by atoms with Crippen LogP contribution in [0.15, 0.2) is 30.5 Å². The number of carboxylic acids is 1. The summed E-state index contributed by atoms with van der Waals surface area (Å²) in [4.78, 5) is 53.7. The van der Waals surface area contributed by atoms with Gasteiger partial charge in [-0.15, -0.1) is 5.10 Å². The van der Waals surface area contributed by atoms with Gasteiger partial charge in [-0.05, 0) is 30.5 Å². The highest BCUT2D eigenvalue weighted by atomic mass is 16.5. The average molecular weight is 646 g/mol. The number of ether oxygens (including phenoxy) is 2. The molecule has 2 bridgehead atoms. The lowest BCUT2D eigenvalue weighted by molar-refractivity contribution is -0.220. The van der Waals surface area contributed by atoms with Gasteiger partial charge in [0, 0.05) is 45.2 Å². The molecule has 1 aromatic heterocycles. The first-order chi connectivity index (χ1) is 21.9. The third-order valence-electron chi connectivity index (χ3n) is 8.64. The Morgan fingerprint density at radius 3 is 2.59 bits per heavy atom. The molecular weight excluding hydrogens is 606 g/mol. The van der Waals surface area contributed by atoms with Crippen molar-refractivity contribution in [3.8, 4) is 5.75 Å². The SMILES string of the molecule is COc1cccc(CN2CCC3(CC2)CC(=O)N[C@H](Cc2cn(CC(=O)O)nn2)C(=O)NC[C@@H]2O[C@H](C(=O)N3)[C@H](O)[C@H](O)[C@H]2O)c1. The fraction of sp³-hybridized carbons (Fsp3) is 0.586. The van der Waals surface area contributed by atoms with Crippen molar-refractivity contribution < 1.29 is 49.1 Å². The second-order valence-corrected chi connectivity index (χ2v) is 12.0. The van der Waals surface area contributed by atoms with Gasteiger partial charge in [-0.3, -0.25) is 24.1 Å². The van der Waals surface area contributed by atoms with Crippen molar-refractivity contribution in [3.63, 3.8) is 0 Å². The van der Waals surface area contributed by atoms with E-state index >= 15 is 0 Å². The van der Waals surface area contributed by atoms with Crippen molar-refractivity contribution in [1.82, 2.24) is 35.8 Å². The number of likely N-dealkylation sites (tertiary alicyclic amines) is 1. The van der Waals surface area contributed by atoms with E-state index < -0.39 is 72.3 Å². The second-order valence-electron chi connectivity index (χ2n) is 12.0. The number of piperidine rings is 1. The highest BCUT2D eigenvalue weighted by Gasteiger charge is 2.49. The van der Waals surface area contributed by atoms with Crippen LogP contribution in [-0.4, -0.2) is 133 Å². The van der Waals surface area contributed by atoms with E-state index in [1.165, 1.54) is 6.20 Å². The molecular formula is C29H39N7O10. The van der Waals surface area contributed by atoms with Gasteiger partial charge in [0.15, 0.2) is 6.10 Å². The van der Waals surface area contributed by atoms with Crippen molar-refractivity contribution >= 4 is 23.7 Å². The van der Waals surface area contributed by atoms with Crippen molar-refractivity contribution in [2.24, 2.45) is 0 Å². The van der Waals surface area contributed by atoms with Crippen LogP contribution >= 0.6 is 0 Å². The number of nitrogens with zero attached hydrogens (tertiary/aromatic N) is 4. The van der Waals surface area contributed by atoms with Crippen LogP contribution in [0, 0.1) is 0 Å². The maximum Gasteiger partial charge on any atom is 0.325 e. The van der Waals surface area contributed by atoms with E-state index in [1.54, 1.807) is 7.11 Å². The zero-order valence-electron chi connectivity index (χ0n) is 25.2. The van der Waals surface area contributed by atoms with Crippen LogP contribution < -0.4 is 20.7 Å². The Hall–Kier alpha value is -4.16. The summed E-state index contributed by atoms with van der Waals surface area (Å²) in [5, 5.41) is 56.7. The fourth-order valence-corrected chi connectivity index (χ4v) is 6.13. The van der Waals surface area contributed by atoms with Crippen LogP contribution in [0.3, 0.4) is 0 Å². The molecule has 2 aromatic rings. The predicted octanol–water partition coefficient (Wildman–Crippen LogP) is -3.08. The van der Waals surface area contributed by atoms with Crippen LogP contribution in [0.1, 0.15) is 30.5 Å². The van der Waals surface area contributed by atoms with Crippen LogP contribution in [0.5, 0.6) is 5.75 Å². The molecule has 3 amide bonds. The van der Waals surface area contributed by atoms with E-state index in [0.29, 0.717) is 32.5 Å². The van der Waals surface area contributed by atoms with Crippen LogP contribution in [0.4, 0.5) is 0 Å². The molecule has 1 spiro atoms. The molecule has 17 heteroatoms. The number of hydrogen-bond donors (Lipinski definition) is 7. The van der Waals surface area contributed by atoms with Crippen LogP contribution in [0.2, 0.25) is 0 Å². The normalized spacial score (nSPS) is 29.0. The van der Waals surface area contributed by atoms with Gasteiger partial charge < -0.3 is 45.9 Å². The van der Waals surface area contributed by atoms with Gasteiger partial charge in [-0.2, -0.15) is 0 Å². The summed E-state index contributed by atoms with van der Waals surface area (Å²) in [6, 6.07) is 6.47. The van der Waals surface area contributed by atoms with Crippen molar-refractivity contribution in [3.05, 3.63) is 41.7 Å². The monoisotopic (exact) mass is 645 g/mol. The number of nitrogens with one attached hydrogen (secondary N) is 3. The number of carbonyl (C=O) groups excluding carboxylic acids is 3. The molecule has 0 aliphatic carbocycles. The Bertz CT molecular complexity index is 1430. The summed E-state index contributed by atoms with van der Waals surface area (Å²) in [7, 11) is 1.59. The Morgan fingerprint density at radius 2 is 1.87 bits per heavy atom. The fourth-order valence-electron chi connectivity index (χ4n) is 6.13. The molecule has 250 valence electrons. The molecule has 5 rings (SSSR count). The number of carbonyl (C=O) groups is 4. The maximum atomic E-state index is 13.6. The summed E-state index contributed by atoms with van der Waals surface area (Å²) in [5.41, 5.74) is 0.177. The third kappa shape index (κ3) is 7.79. The first-order valence-electron chi connectivity index (χ1n) is 15.0. The molecule has 0 unspecified atom stereocenters. The molecule has 0 radical (unpaired) electrons. The maximum absolute atomic E-state index is 13.6. The number of aromatic nitrogens is 3. The van der Waals surface area contributed by atoms with E-state index in [-0.39, 0.29) is 25.1 Å². The molecule has 4 heterocycles. The van der Waals surface area contributed by atoms with E-state index in [9.17, 15) is 34.5 Å². The Morgan fingerprint density at radius 1 is 1.11 bits per heavy atom. The third-order valence-corrected chi connectivity index (χ3v) is 8.64. The molecule has 0 saturated carbocycles. The standard InChI is InChI=1S/C29H39N7O10/c1-45-18-4-2-3-16(9-18)13-35-7-5-29(6-8-35)11-21(37)31-19(10-17-14-36(34-33-17)15-22(38)39)27(43)30-12-20-23(40)24(41)25(42)26(46-20)28(44)32-29/h2-4,9,14,19-20,23-26,40-42H,5-8,10-13,15H2,1H3,(H,30,43)(H,31,37)(H,32,44)(H,38,39)/t19-,20+,23+,24-,25-,26+/m1/s1. The number of amides is 3. The van der Waals surface area contributed by atoms with Gasteiger partial charge >= 0.3 is 5.97 Å². The molecule has 3 fully saturated rings. The van der Waals surface area contributed by atoms with Crippen LogP contribution in [-0.2, 0) is 43.4 Å². The summed E-state index contributed by atoms with van der Waals surface area (Å²) >= 11 is 0. The summed E-state index contributed by atoms with van der Waals surface area (Å²) < 4.78 is 12.1. The molecule has 7 N–H and O–H groups in total. The van der Waals surface area contributed by atoms with E-state index in [1.807, 2.05) is 24.3 Å². The van der Waals surface area contributed by atoms with E-state index in [0.717, 1.165) is 16.0 Å².